The molecule has 8 heteroatoms. The predicted octanol–water partition coefficient (Wildman–Crippen LogP) is 1.55. The smallest absolute Gasteiger partial charge is 0.335 e. The molecule has 1 heterocycles. The average molecular weight is 409 g/mol. The molecule has 4 N–H and O–H groups in total. The van der Waals surface area contributed by atoms with Gasteiger partial charge in [-0.2, -0.15) is 0 Å². The summed E-state index contributed by atoms with van der Waals surface area (Å²) in [5.41, 5.74) is 2.18. The van der Waals surface area contributed by atoms with Gasteiger partial charge in [0.2, 0.25) is 0 Å². The number of halogens is 1. The lowest BCUT2D eigenvalue weighted by Gasteiger charge is -2.39. The highest BCUT2D eigenvalue weighted by atomic mass is 35.5. The average Bonchev–Trinajstić information content (AvgIpc) is 2.68. The molecule has 1 saturated heterocycles. The van der Waals surface area contributed by atoms with Crippen LogP contribution in [-0.2, 0) is 16.0 Å². The first kappa shape index (κ1) is 20.6. The summed E-state index contributed by atoms with van der Waals surface area (Å²) in [5, 5.41) is 39.9. The van der Waals surface area contributed by atoms with Gasteiger partial charge in [-0.25, -0.2) is 4.79 Å². The van der Waals surface area contributed by atoms with Gasteiger partial charge in [-0.3, -0.25) is 0 Å². The van der Waals surface area contributed by atoms with Gasteiger partial charge >= 0.3 is 5.97 Å². The molecule has 3 rings (SSSR count). The van der Waals surface area contributed by atoms with Crippen molar-refractivity contribution >= 4 is 17.6 Å². The third kappa shape index (κ3) is 4.14. The fraction of sp³-hybridized carbons (Fsp3) is 0.350. The number of aliphatic hydroxyl groups excluding tert-OH is 3. The molecule has 0 spiro atoms. The van der Waals surface area contributed by atoms with E-state index in [1.54, 1.807) is 25.3 Å². The van der Waals surface area contributed by atoms with E-state index in [2.05, 4.69) is 0 Å². The first-order valence-corrected chi connectivity index (χ1v) is 9.03. The summed E-state index contributed by atoms with van der Waals surface area (Å²) < 4.78 is 10.5. The van der Waals surface area contributed by atoms with Crippen LogP contribution >= 0.6 is 11.6 Å². The van der Waals surface area contributed by atoms with Crippen molar-refractivity contribution in [3.63, 3.8) is 0 Å². The van der Waals surface area contributed by atoms with Crippen molar-refractivity contribution < 1.29 is 34.7 Å². The van der Waals surface area contributed by atoms with Crippen molar-refractivity contribution in [3.05, 3.63) is 64.2 Å². The van der Waals surface area contributed by atoms with Gasteiger partial charge in [0, 0.05) is 5.02 Å². The van der Waals surface area contributed by atoms with E-state index in [-0.39, 0.29) is 0 Å². The van der Waals surface area contributed by atoms with E-state index in [9.17, 15) is 25.2 Å². The standard InChI is InChI=1S/C20H21ClO7/c1-27-13-5-2-10(3-6-13)8-12-9-11(4-7-14(12)21)18-16(23)15(22)17(24)19(28-18)20(25)26/h2-7,9,15-19,22-24H,8H2,1H3,(H,25,26). The Bertz CT molecular complexity index is 839. The SMILES string of the molecule is COc1ccc(Cc2cc(C3OC(C(=O)O)C(O)C(O)C3O)ccc2Cl)cc1. The molecule has 0 radical (unpaired) electrons. The van der Waals surface area contributed by atoms with Gasteiger partial charge < -0.3 is 29.9 Å². The summed E-state index contributed by atoms with van der Waals surface area (Å²) in [6.45, 7) is 0. The molecular weight excluding hydrogens is 388 g/mol. The van der Waals surface area contributed by atoms with Crippen molar-refractivity contribution in [1.29, 1.82) is 0 Å². The fourth-order valence-corrected chi connectivity index (χ4v) is 3.41. The number of benzene rings is 2. The van der Waals surface area contributed by atoms with Crippen molar-refractivity contribution in [2.24, 2.45) is 0 Å². The number of methoxy groups -OCH3 is 1. The van der Waals surface area contributed by atoms with E-state index in [1.807, 2.05) is 24.3 Å². The predicted molar refractivity (Wildman–Crippen MR) is 101 cm³/mol. The second-order valence-corrected chi connectivity index (χ2v) is 7.07. The van der Waals surface area contributed by atoms with Crippen LogP contribution < -0.4 is 4.74 Å². The van der Waals surface area contributed by atoms with E-state index in [0.29, 0.717) is 17.0 Å². The summed E-state index contributed by atoms with van der Waals surface area (Å²) in [6, 6.07) is 12.4. The van der Waals surface area contributed by atoms with Crippen LogP contribution in [0.1, 0.15) is 22.8 Å². The Balaban J connectivity index is 1.88. The summed E-state index contributed by atoms with van der Waals surface area (Å²) in [5.74, 6) is -0.689. The lowest BCUT2D eigenvalue weighted by molar-refractivity contribution is -0.229. The second-order valence-electron chi connectivity index (χ2n) is 6.66. The van der Waals surface area contributed by atoms with Crippen molar-refractivity contribution in [1.82, 2.24) is 0 Å². The molecule has 5 atom stereocenters. The number of rotatable bonds is 5. The summed E-state index contributed by atoms with van der Waals surface area (Å²) in [4.78, 5) is 11.3. The van der Waals surface area contributed by atoms with Gasteiger partial charge in [-0.05, 0) is 41.3 Å². The molecule has 0 aliphatic carbocycles. The van der Waals surface area contributed by atoms with E-state index in [0.717, 1.165) is 16.9 Å². The number of carbonyl (C=O) groups is 1. The molecule has 28 heavy (non-hydrogen) atoms. The van der Waals surface area contributed by atoms with Crippen LogP contribution in [0, 0.1) is 0 Å². The van der Waals surface area contributed by atoms with E-state index < -0.39 is 36.5 Å². The Morgan fingerprint density at radius 2 is 1.75 bits per heavy atom. The normalized spacial score (nSPS) is 27.4. The van der Waals surface area contributed by atoms with Crippen molar-refractivity contribution in [2.45, 2.75) is 36.9 Å². The summed E-state index contributed by atoms with van der Waals surface area (Å²) in [7, 11) is 1.58. The first-order chi connectivity index (χ1) is 13.3. The minimum Gasteiger partial charge on any atom is -0.497 e. The zero-order valence-electron chi connectivity index (χ0n) is 15.0. The molecule has 2 aromatic rings. The number of carboxylic acids is 1. The topological polar surface area (TPSA) is 116 Å². The Labute approximate surface area is 166 Å². The lowest BCUT2D eigenvalue weighted by Crippen LogP contribution is -2.56. The highest BCUT2D eigenvalue weighted by molar-refractivity contribution is 6.31. The highest BCUT2D eigenvalue weighted by Gasteiger charge is 2.47. The van der Waals surface area contributed by atoms with E-state index in [1.165, 1.54) is 0 Å². The molecule has 0 bridgehead atoms. The molecule has 0 aromatic heterocycles. The molecular formula is C20H21ClO7. The first-order valence-electron chi connectivity index (χ1n) is 8.65. The molecule has 1 fully saturated rings. The Morgan fingerprint density at radius 1 is 1.07 bits per heavy atom. The summed E-state index contributed by atoms with van der Waals surface area (Å²) in [6.07, 6.45) is -7.14. The minimum absolute atomic E-state index is 0.456. The second kappa shape index (κ2) is 8.46. The maximum atomic E-state index is 11.3. The number of aliphatic hydroxyl groups is 3. The van der Waals surface area contributed by atoms with Crippen LogP contribution in [-0.4, -0.2) is 57.9 Å². The van der Waals surface area contributed by atoms with Gasteiger partial charge in [-0.1, -0.05) is 35.9 Å². The van der Waals surface area contributed by atoms with Crippen LogP contribution in [0.2, 0.25) is 5.02 Å². The molecule has 7 nitrogen and oxygen atoms in total. The van der Waals surface area contributed by atoms with Crippen LogP contribution in [0.3, 0.4) is 0 Å². The zero-order chi connectivity index (χ0) is 20.4. The fourth-order valence-electron chi connectivity index (χ4n) is 3.23. The minimum atomic E-state index is -1.73. The molecule has 0 saturated carbocycles. The van der Waals surface area contributed by atoms with Crippen LogP contribution in [0.5, 0.6) is 5.75 Å². The number of ether oxygens (including phenoxy) is 2. The largest absolute Gasteiger partial charge is 0.497 e. The number of hydrogen-bond acceptors (Lipinski definition) is 6. The van der Waals surface area contributed by atoms with Gasteiger partial charge in [0.15, 0.2) is 6.10 Å². The van der Waals surface area contributed by atoms with E-state index in [4.69, 9.17) is 21.1 Å². The van der Waals surface area contributed by atoms with Gasteiger partial charge in [0.25, 0.3) is 0 Å². The third-order valence-electron chi connectivity index (χ3n) is 4.81. The van der Waals surface area contributed by atoms with Gasteiger partial charge in [-0.15, -0.1) is 0 Å². The maximum absolute atomic E-state index is 11.3. The molecule has 5 unspecified atom stereocenters. The zero-order valence-corrected chi connectivity index (χ0v) is 15.8. The molecule has 1 aliphatic rings. The molecule has 0 amide bonds. The van der Waals surface area contributed by atoms with Crippen LogP contribution in [0.25, 0.3) is 0 Å². The summed E-state index contributed by atoms with van der Waals surface area (Å²) >= 11 is 6.30. The number of hydrogen-bond donors (Lipinski definition) is 4. The quantitative estimate of drug-likeness (QED) is 0.593. The van der Waals surface area contributed by atoms with Crippen molar-refractivity contribution in [2.75, 3.05) is 7.11 Å². The Hall–Kier alpha value is -2.16. The monoisotopic (exact) mass is 408 g/mol. The van der Waals surface area contributed by atoms with Crippen molar-refractivity contribution in [3.8, 4) is 5.75 Å². The number of aliphatic carboxylic acids is 1. The Kier molecular flexibility index (Phi) is 6.22. The van der Waals surface area contributed by atoms with Crippen LogP contribution in [0.4, 0.5) is 0 Å². The third-order valence-corrected chi connectivity index (χ3v) is 5.18. The Morgan fingerprint density at radius 3 is 2.36 bits per heavy atom. The van der Waals surface area contributed by atoms with Crippen LogP contribution in [0.15, 0.2) is 42.5 Å². The maximum Gasteiger partial charge on any atom is 0.335 e. The highest BCUT2D eigenvalue weighted by Crippen LogP contribution is 2.34. The number of carboxylic acid groups (broad SMARTS) is 1. The van der Waals surface area contributed by atoms with Gasteiger partial charge in [0.1, 0.15) is 30.2 Å². The van der Waals surface area contributed by atoms with E-state index >= 15 is 0 Å². The van der Waals surface area contributed by atoms with Gasteiger partial charge in [0.05, 0.1) is 7.11 Å². The molecule has 2 aromatic carbocycles. The lowest BCUT2D eigenvalue weighted by atomic mass is 9.90. The molecule has 150 valence electrons. The molecule has 1 aliphatic heterocycles.